The standard InChI is InChI=1S/C13H11F3N2O2/c14-13(15,16)9-18-11(5-6-17-18)8-20-12-4-2-1-3-10(12)7-19/h1-7H,8-9H2/i8D2. The third-order valence-electron chi connectivity index (χ3n) is 2.36. The van der Waals surface area contributed by atoms with Crippen LogP contribution < -0.4 is 4.74 Å². The van der Waals surface area contributed by atoms with Crippen molar-refractivity contribution in [1.82, 2.24) is 9.78 Å². The summed E-state index contributed by atoms with van der Waals surface area (Å²) in [6, 6.07) is 6.93. The second-order valence-electron chi connectivity index (χ2n) is 3.85. The molecule has 0 saturated carbocycles. The van der Waals surface area contributed by atoms with Crippen molar-refractivity contribution in [2.75, 3.05) is 0 Å². The average Bonchev–Trinajstić information content (AvgIpc) is 2.85. The molecule has 7 heteroatoms. The van der Waals surface area contributed by atoms with Crippen LogP contribution in [-0.4, -0.2) is 22.2 Å². The van der Waals surface area contributed by atoms with Gasteiger partial charge in [0.25, 0.3) is 0 Å². The van der Waals surface area contributed by atoms with E-state index in [1.165, 1.54) is 18.2 Å². The van der Waals surface area contributed by atoms with Gasteiger partial charge in [-0.15, -0.1) is 0 Å². The summed E-state index contributed by atoms with van der Waals surface area (Å²) in [6.07, 6.45) is -3.02. The largest absolute Gasteiger partial charge is 0.487 e. The SMILES string of the molecule is [2H]C([2H])(Oc1ccccc1C=O)c1ccnn1CC(F)(F)F. The van der Waals surface area contributed by atoms with Gasteiger partial charge in [-0.1, -0.05) is 12.1 Å². The Hall–Kier alpha value is -2.31. The third kappa shape index (κ3) is 3.59. The van der Waals surface area contributed by atoms with Crippen LogP contribution in [0.2, 0.25) is 0 Å². The summed E-state index contributed by atoms with van der Waals surface area (Å²) >= 11 is 0. The van der Waals surface area contributed by atoms with Gasteiger partial charge in [0, 0.05) is 6.20 Å². The highest BCUT2D eigenvalue weighted by Gasteiger charge is 2.29. The topological polar surface area (TPSA) is 44.1 Å². The minimum absolute atomic E-state index is 0.0674. The van der Waals surface area contributed by atoms with Crippen LogP contribution in [0.1, 0.15) is 18.8 Å². The van der Waals surface area contributed by atoms with E-state index in [-0.39, 0.29) is 11.3 Å². The predicted molar refractivity (Wildman–Crippen MR) is 64.4 cm³/mol. The highest BCUT2D eigenvalue weighted by atomic mass is 19.4. The summed E-state index contributed by atoms with van der Waals surface area (Å²) in [6.45, 7) is -4.02. The molecule has 0 bridgehead atoms. The van der Waals surface area contributed by atoms with E-state index in [1.807, 2.05) is 0 Å². The molecule has 2 rings (SSSR count). The first-order chi connectivity index (χ1) is 10.2. The Bertz CT molecular complexity index is 671. The number of carbonyl (C=O) groups is 1. The number of nitrogens with zero attached hydrogens (tertiary/aromatic N) is 2. The van der Waals surface area contributed by atoms with E-state index in [9.17, 15) is 18.0 Å². The van der Waals surface area contributed by atoms with E-state index in [4.69, 9.17) is 7.48 Å². The second-order valence-corrected chi connectivity index (χ2v) is 3.85. The fourth-order valence-corrected chi connectivity index (χ4v) is 1.49. The van der Waals surface area contributed by atoms with Gasteiger partial charge in [-0.2, -0.15) is 18.3 Å². The van der Waals surface area contributed by atoms with Gasteiger partial charge in [-0.25, -0.2) is 0 Å². The number of ether oxygens (including phenoxy) is 1. The molecule has 0 aliphatic heterocycles. The van der Waals surface area contributed by atoms with Crippen molar-refractivity contribution in [2.24, 2.45) is 0 Å². The molecule has 0 amide bonds. The number of para-hydroxylation sites is 1. The van der Waals surface area contributed by atoms with Gasteiger partial charge in [-0.3, -0.25) is 9.48 Å². The van der Waals surface area contributed by atoms with Crippen LogP contribution in [-0.2, 0) is 13.1 Å². The van der Waals surface area contributed by atoms with E-state index in [1.54, 1.807) is 6.07 Å². The summed E-state index contributed by atoms with van der Waals surface area (Å²) in [7, 11) is 0. The third-order valence-corrected chi connectivity index (χ3v) is 2.36. The predicted octanol–water partition coefficient (Wildman–Crippen LogP) is 2.84. The Kier molecular flexibility index (Phi) is 3.32. The maximum Gasteiger partial charge on any atom is 0.408 e. The zero-order chi connectivity index (χ0) is 16.4. The minimum atomic E-state index is -4.54. The van der Waals surface area contributed by atoms with Crippen LogP contribution in [0.3, 0.4) is 0 Å². The van der Waals surface area contributed by atoms with Crippen molar-refractivity contribution in [3.05, 3.63) is 47.8 Å². The summed E-state index contributed by atoms with van der Waals surface area (Å²) in [5.74, 6) is -0.0674. The number of halogens is 3. The number of rotatable bonds is 5. The Morgan fingerprint density at radius 2 is 2.10 bits per heavy atom. The van der Waals surface area contributed by atoms with Crippen LogP contribution in [0, 0.1) is 0 Å². The number of hydrogen-bond acceptors (Lipinski definition) is 3. The molecule has 0 unspecified atom stereocenters. The van der Waals surface area contributed by atoms with Crippen molar-refractivity contribution in [2.45, 2.75) is 19.3 Å². The first-order valence-corrected chi connectivity index (χ1v) is 5.55. The molecule has 0 spiro atoms. The van der Waals surface area contributed by atoms with E-state index in [2.05, 4.69) is 5.10 Å². The first kappa shape index (κ1) is 11.5. The fourth-order valence-electron chi connectivity index (χ4n) is 1.49. The lowest BCUT2D eigenvalue weighted by atomic mass is 10.2. The number of hydrogen-bond donors (Lipinski definition) is 0. The first-order valence-electron chi connectivity index (χ1n) is 6.55. The van der Waals surface area contributed by atoms with Crippen LogP contribution >= 0.6 is 0 Å². The lowest BCUT2D eigenvalue weighted by Gasteiger charge is -2.12. The highest BCUT2D eigenvalue weighted by Crippen LogP contribution is 2.20. The van der Waals surface area contributed by atoms with E-state index >= 15 is 0 Å². The van der Waals surface area contributed by atoms with Crippen molar-refractivity contribution >= 4 is 6.29 Å². The number of aromatic nitrogens is 2. The molecular formula is C13H11F3N2O2. The zero-order valence-electron chi connectivity index (χ0n) is 12.1. The van der Waals surface area contributed by atoms with Gasteiger partial charge in [0.15, 0.2) is 6.29 Å². The summed E-state index contributed by atoms with van der Waals surface area (Å²) < 4.78 is 58.6. The Labute approximate surface area is 115 Å². The maximum absolute atomic E-state index is 12.5. The maximum atomic E-state index is 12.5. The van der Waals surface area contributed by atoms with E-state index in [0.29, 0.717) is 11.0 Å². The molecule has 0 aliphatic carbocycles. The molecule has 0 aliphatic rings. The molecule has 0 fully saturated rings. The molecule has 0 saturated heterocycles. The Morgan fingerprint density at radius 3 is 2.80 bits per heavy atom. The van der Waals surface area contributed by atoms with Gasteiger partial charge < -0.3 is 4.74 Å². The molecule has 4 nitrogen and oxygen atoms in total. The van der Waals surface area contributed by atoms with Gasteiger partial charge in [0.1, 0.15) is 18.9 Å². The number of aldehydes is 1. The molecule has 106 valence electrons. The number of benzene rings is 1. The highest BCUT2D eigenvalue weighted by molar-refractivity contribution is 5.79. The normalized spacial score (nSPS) is 13.6. The summed E-state index contributed by atoms with van der Waals surface area (Å²) in [5, 5.41) is 3.46. The van der Waals surface area contributed by atoms with E-state index < -0.39 is 25.0 Å². The molecule has 0 atom stereocenters. The van der Waals surface area contributed by atoms with E-state index in [0.717, 1.165) is 12.3 Å². The van der Waals surface area contributed by atoms with Crippen molar-refractivity contribution in [3.63, 3.8) is 0 Å². The molecular weight excluding hydrogens is 273 g/mol. The van der Waals surface area contributed by atoms with Crippen molar-refractivity contribution in [3.8, 4) is 5.75 Å². The molecule has 2 aromatic rings. The minimum Gasteiger partial charge on any atom is -0.487 e. The zero-order valence-corrected chi connectivity index (χ0v) is 10.1. The molecule has 1 aromatic heterocycles. The van der Waals surface area contributed by atoms with Crippen LogP contribution in [0.15, 0.2) is 36.5 Å². The lowest BCUT2D eigenvalue weighted by Crippen LogP contribution is -2.21. The van der Waals surface area contributed by atoms with Crippen molar-refractivity contribution < 1.29 is 25.4 Å². The van der Waals surface area contributed by atoms with Gasteiger partial charge >= 0.3 is 6.18 Å². The van der Waals surface area contributed by atoms with Crippen LogP contribution in [0.4, 0.5) is 13.2 Å². The lowest BCUT2D eigenvalue weighted by molar-refractivity contribution is -0.143. The van der Waals surface area contributed by atoms with Crippen LogP contribution in [0.25, 0.3) is 0 Å². The smallest absolute Gasteiger partial charge is 0.408 e. The average molecular weight is 286 g/mol. The molecule has 0 N–H and O–H groups in total. The Morgan fingerprint density at radius 1 is 1.35 bits per heavy atom. The molecule has 0 radical (unpaired) electrons. The van der Waals surface area contributed by atoms with Gasteiger partial charge in [0.2, 0.25) is 0 Å². The fraction of sp³-hybridized carbons (Fsp3) is 0.231. The summed E-state index contributed by atoms with van der Waals surface area (Å²) in [5.41, 5.74) is -0.307. The quantitative estimate of drug-likeness (QED) is 0.794. The van der Waals surface area contributed by atoms with Crippen LogP contribution in [0.5, 0.6) is 5.75 Å². The Balaban J connectivity index is 2.31. The summed E-state index contributed by atoms with van der Waals surface area (Å²) in [4.78, 5) is 10.9. The van der Waals surface area contributed by atoms with Gasteiger partial charge in [0.05, 0.1) is 14.0 Å². The molecule has 20 heavy (non-hydrogen) atoms. The molecule has 1 heterocycles. The second kappa shape index (κ2) is 5.77. The van der Waals surface area contributed by atoms with Gasteiger partial charge in [-0.05, 0) is 18.2 Å². The number of carbonyl (C=O) groups excluding carboxylic acids is 1. The number of alkyl halides is 3. The monoisotopic (exact) mass is 286 g/mol. The van der Waals surface area contributed by atoms with Crippen molar-refractivity contribution in [1.29, 1.82) is 0 Å². The molecule has 1 aromatic carbocycles.